The van der Waals surface area contributed by atoms with Crippen LogP contribution in [0.5, 0.6) is 11.6 Å². The number of thioether (sulfide) groups is 1. The van der Waals surface area contributed by atoms with E-state index in [2.05, 4.69) is 33.8 Å². The highest BCUT2D eigenvalue weighted by Crippen LogP contribution is 2.40. The maximum atomic E-state index is 14.6. The molecule has 2 fully saturated rings. The minimum atomic E-state index is -3.93. The van der Waals surface area contributed by atoms with Crippen molar-refractivity contribution in [2.75, 3.05) is 18.9 Å². The third kappa shape index (κ3) is 11.0. The van der Waals surface area contributed by atoms with Crippen LogP contribution in [0.25, 0.3) is 10.8 Å². The molecule has 3 N–H and O–H groups in total. The first-order chi connectivity index (χ1) is 25.6. The molecular formula is C39H57N5O9S2. The van der Waals surface area contributed by atoms with Crippen molar-refractivity contribution in [1.29, 1.82) is 0 Å². The molecule has 304 valence electrons. The van der Waals surface area contributed by atoms with Crippen molar-refractivity contribution in [3.8, 4) is 11.6 Å². The molecule has 1 saturated carbocycles. The summed E-state index contributed by atoms with van der Waals surface area (Å²) in [7, 11) is -3.93. The van der Waals surface area contributed by atoms with E-state index in [0.29, 0.717) is 25.3 Å². The molecule has 1 saturated heterocycles. The third-order valence-corrected chi connectivity index (χ3v) is 12.3. The minimum Gasteiger partial charge on any atom is -0.493 e. The van der Waals surface area contributed by atoms with Crippen molar-refractivity contribution in [2.24, 2.45) is 5.41 Å². The summed E-state index contributed by atoms with van der Waals surface area (Å²) in [5, 5.41) is 6.39. The van der Waals surface area contributed by atoms with Crippen molar-refractivity contribution >= 4 is 56.4 Å². The number of alkyl carbamates (subject to hydrolysis) is 1. The van der Waals surface area contributed by atoms with E-state index in [1.807, 2.05) is 25.1 Å². The van der Waals surface area contributed by atoms with Gasteiger partial charge in [0.25, 0.3) is 5.91 Å². The Balaban J connectivity index is 1.71. The van der Waals surface area contributed by atoms with Crippen LogP contribution >= 0.6 is 11.8 Å². The molecule has 4 atom stereocenters. The fraction of sp³-hybridized carbons (Fsp3) is 0.615. The first-order valence-corrected chi connectivity index (χ1v) is 21.3. The molecule has 55 heavy (non-hydrogen) atoms. The van der Waals surface area contributed by atoms with Gasteiger partial charge in [-0.25, -0.2) is 18.2 Å². The SMILES string of the molecule is C=CC[C@](C)(NC(=O)[C@H]1C[C@@H](Oc2nccc3c(SCCC)c(OCC)ccc23)CN1C(=O)[C@@H](NC(=O)OC(C)(C)C)C(C)(C)C)C(=O)NS(=O)(=O)C1CC1. The van der Waals surface area contributed by atoms with Gasteiger partial charge in [-0.3, -0.25) is 19.1 Å². The van der Waals surface area contributed by atoms with Gasteiger partial charge in [0.1, 0.15) is 35.1 Å². The van der Waals surface area contributed by atoms with Gasteiger partial charge in [0.15, 0.2) is 0 Å². The van der Waals surface area contributed by atoms with E-state index < -0.39 is 73.8 Å². The van der Waals surface area contributed by atoms with Crippen LogP contribution in [0.2, 0.25) is 0 Å². The van der Waals surface area contributed by atoms with Gasteiger partial charge in [-0.05, 0) is 89.7 Å². The first-order valence-electron chi connectivity index (χ1n) is 18.8. The van der Waals surface area contributed by atoms with Crippen molar-refractivity contribution in [1.82, 2.24) is 25.2 Å². The number of likely N-dealkylation sites (tertiary alicyclic amines) is 1. The Kier molecular flexibility index (Phi) is 13.8. The fourth-order valence-corrected chi connectivity index (χ4v) is 8.64. The highest BCUT2D eigenvalue weighted by atomic mass is 32.2. The number of aromatic nitrogens is 1. The Hall–Kier alpha value is -4.05. The standard InChI is InChI=1S/C39H57N5O9S2/c1-11-19-39(10,35(47)43-55(49,50)25-14-15-25)42-32(45)28-22-24(23-44(28)34(46)31(37(4,5)6)41-36(48)53-38(7,8)9)52-33-27-16-17-29(51-13-3)30(54-21-12-2)26(27)18-20-40-33/h11,16-18,20,24-25,28,31H,1,12-15,19,21-23H2,2-10H3,(H,41,48)(H,42,45)(H,43,47)/t24-,28-,31-,39+/m1/s1. The van der Waals surface area contributed by atoms with E-state index in [4.69, 9.17) is 14.2 Å². The van der Waals surface area contributed by atoms with Gasteiger partial charge in [0.2, 0.25) is 27.7 Å². The van der Waals surface area contributed by atoms with E-state index in [9.17, 15) is 27.6 Å². The molecule has 4 amide bonds. The number of carbonyl (C=O) groups excluding carboxylic acids is 4. The van der Waals surface area contributed by atoms with Crippen LogP contribution in [-0.4, -0.2) is 95.6 Å². The summed E-state index contributed by atoms with van der Waals surface area (Å²) in [6.07, 6.45) is 3.24. The molecule has 1 aromatic carbocycles. The van der Waals surface area contributed by atoms with Crippen LogP contribution < -0.4 is 24.8 Å². The average Bonchev–Trinajstić information content (AvgIpc) is 3.86. The summed E-state index contributed by atoms with van der Waals surface area (Å²) in [5.74, 6) is -0.270. The second kappa shape index (κ2) is 17.4. The van der Waals surface area contributed by atoms with Gasteiger partial charge in [-0.15, -0.1) is 18.3 Å². The number of carbonyl (C=O) groups is 4. The Morgan fingerprint density at radius 2 is 1.75 bits per heavy atom. The van der Waals surface area contributed by atoms with E-state index in [1.165, 1.54) is 17.9 Å². The number of hydrogen-bond acceptors (Lipinski definition) is 11. The average molecular weight is 804 g/mol. The Morgan fingerprint density at radius 3 is 2.33 bits per heavy atom. The molecular weight excluding hydrogens is 747 g/mol. The highest BCUT2D eigenvalue weighted by molar-refractivity contribution is 7.99. The normalized spacial score (nSPS) is 19.2. The molecule has 2 aromatic rings. The fourth-order valence-electron chi connectivity index (χ4n) is 6.22. The van der Waals surface area contributed by atoms with Crippen LogP contribution in [0.3, 0.4) is 0 Å². The number of benzene rings is 1. The van der Waals surface area contributed by atoms with Crippen molar-refractivity contribution in [3.63, 3.8) is 0 Å². The highest BCUT2D eigenvalue weighted by Gasteiger charge is 2.49. The number of pyridine rings is 1. The van der Waals surface area contributed by atoms with Gasteiger partial charge >= 0.3 is 6.09 Å². The topological polar surface area (TPSA) is 182 Å². The van der Waals surface area contributed by atoms with Gasteiger partial charge in [-0.2, -0.15) is 0 Å². The zero-order chi connectivity index (χ0) is 40.9. The number of nitrogens with one attached hydrogen (secondary N) is 3. The molecule has 1 aromatic heterocycles. The number of hydrogen-bond donors (Lipinski definition) is 3. The van der Waals surface area contributed by atoms with Gasteiger partial charge in [-0.1, -0.05) is 33.8 Å². The number of sulfonamides is 1. The molecule has 2 aliphatic rings. The van der Waals surface area contributed by atoms with Crippen LogP contribution in [0.15, 0.2) is 41.9 Å². The quantitative estimate of drug-likeness (QED) is 0.144. The third-order valence-electron chi connectivity index (χ3n) is 9.13. The van der Waals surface area contributed by atoms with Crippen LogP contribution in [0, 0.1) is 5.41 Å². The van der Waals surface area contributed by atoms with E-state index in [0.717, 1.165) is 33.6 Å². The molecule has 0 unspecified atom stereocenters. The van der Waals surface area contributed by atoms with E-state index in [-0.39, 0.29) is 19.4 Å². The summed E-state index contributed by atoms with van der Waals surface area (Å²) >= 11 is 1.67. The second-order valence-corrected chi connectivity index (χ2v) is 19.4. The molecule has 16 heteroatoms. The summed E-state index contributed by atoms with van der Waals surface area (Å²) in [6.45, 7) is 20.0. The molecule has 0 bridgehead atoms. The first kappa shape index (κ1) is 43.7. The van der Waals surface area contributed by atoms with Gasteiger partial charge in [0, 0.05) is 23.4 Å². The summed E-state index contributed by atoms with van der Waals surface area (Å²) in [6, 6.07) is 3.33. The number of fused-ring (bicyclic) bond motifs is 1. The monoisotopic (exact) mass is 803 g/mol. The maximum absolute atomic E-state index is 14.6. The van der Waals surface area contributed by atoms with Crippen molar-refractivity contribution in [3.05, 3.63) is 37.1 Å². The second-order valence-electron chi connectivity index (χ2n) is 16.3. The lowest BCUT2D eigenvalue weighted by Gasteiger charge is -2.36. The molecule has 4 rings (SSSR count). The summed E-state index contributed by atoms with van der Waals surface area (Å²) < 4.78 is 45.5. The summed E-state index contributed by atoms with van der Waals surface area (Å²) in [4.78, 5) is 62.2. The number of nitrogens with zero attached hydrogens (tertiary/aromatic N) is 2. The number of rotatable bonds is 16. The molecule has 14 nitrogen and oxygen atoms in total. The lowest BCUT2D eigenvalue weighted by Crippen LogP contribution is -2.62. The van der Waals surface area contributed by atoms with Crippen molar-refractivity contribution in [2.45, 2.75) is 134 Å². The lowest BCUT2D eigenvalue weighted by atomic mass is 9.85. The maximum Gasteiger partial charge on any atom is 0.408 e. The minimum absolute atomic E-state index is 0.000423. The van der Waals surface area contributed by atoms with Crippen LogP contribution in [0.4, 0.5) is 4.79 Å². The van der Waals surface area contributed by atoms with Crippen molar-refractivity contribution < 1.29 is 41.8 Å². The largest absolute Gasteiger partial charge is 0.493 e. The molecule has 1 aliphatic heterocycles. The lowest BCUT2D eigenvalue weighted by molar-refractivity contribution is -0.143. The molecule has 0 spiro atoms. The number of amides is 4. The van der Waals surface area contributed by atoms with E-state index >= 15 is 0 Å². The predicted molar refractivity (Wildman–Crippen MR) is 213 cm³/mol. The Morgan fingerprint density at radius 1 is 1.05 bits per heavy atom. The van der Waals surface area contributed by atoms with Gasteiger partial charge < -0.3 is 29.7 Å². The predicted octanol–water partition coefficient (Wildman–Crippen LogP) is 5.48. The zero-order valence-corrected chi connectivity index (χ0v) is 35.1. The zero-order valence-electron chi connectivity index (χ0n) is 33.4. The molecule has 2 heterocycles. The Labute approximate surface area is 329 Å². The number of ether oxygens (including phenoxy) is 3. The van der Waals surface area contributed by atoms with Crippen LogP contribution in [-0.2, 0) is 29.1 Å². The van der Waals surface area contributed by atoms with E-state index in [1.54, 1.807) is 59.5 Å². The van der Waals surface area contributed by atoms with Gasteiger partial charge in [0.05, 0.1) is 23.3 Å². The Bertz CT molecular complexity index is 1870. The molecule has 1 aliphatic carbocycles. The van der Waals surface area contributed by atoms with Crippen LogP contribution in [0.1, 0.15) is 94.4 Å². The summed E-state index contributed by atoms with van der Waals surface area (Å²) in [5.41, 5.74) is -3.39. The molecule has 0 radical (unpaired) electrons. The smallest absolute Gasteiger partial charge is 0.408 e.